The van der Waals surface area contributed by atoms with Crippen molar-refractivity contribution in [3.8, 4) is 0 Å². The van der Waals surface area contributed by atoms with Gasteiger partial charge in [-0.05, 0) is 31.1 Å². The van der Waals surface area contributed by atoms with Crippen molar-refractivity contribution in [1.29, 1.82) is 0 Å². The zero-order valence-electron chi connectivity index (χ0n) is 7.54. The number of aromatic nitrogens is 1. The number of rotatable bonds is 2. The van der Waals surface area contributed by atoms with Crippen LogP contribution in [0.2, 0.25) is 0 Å². The molecule has 1 atom stereocenters. The lowest BCUT2D eigenvalue weighted by atomic mass is 10.1. The Bertz CT molecular complexity index is 290. The molecule has 12 heavy (non-hydrogen) atoms. The number of pyridine rings is 1. The zero-order valence-corrected chi connectivity index (χ0v) is 7.54. The van der Waals surface area contributed by atoms with Crippen molar-refractivity contribution in [1.82, 2.24) is 4.98 Å². The molecule has 1 heterocycles. The molecule has 0 bridgehead atoms. The van der Waals surface area contributed by atoms with Crippen molar-refractivity contribution in [3.05, 3.63) is 35.7 Å². The van der Waals surface area contributed by atoms with E-state index in [1.165, 1.54) is 0 Å². The highest BCUT2D eigenvalue weighted by molar-refractivity contribution is 5.47. The Morgan fingerprint density at radius 1 is 1.67 bits per heavy atom. The normalized spacial score (nSPS) is 12.6. The van der Waals surface area contributed by atoms with E-state index in [2.05, 4.69) is 17.6 Å². The summed E-state index contributed by atoms with van der Waals surface area (Å²) in [6, 6.07) is 2.10. The summed E-state index contributed by atoms with van der Waals surface area (Å²) in [4.78, 5) is 4.22. The highest BCUT2D eigenvalue weighted by Crippen LogP contribution is 2.13. The second kappa shape index (κ2) is 3.50. The van der Waals surface area contributed by atoms with Crippen molar-refractivity contribution < 1.29 is 0 Å². The second-order valence-corrected chi connectivity index (χ2v) is 2.96. The third-order valence-corrected chi connectivity index (χ3v) is 1.86. The zero-order chi connectivity index (χ0) is 9.14. The second-order valence-electron chi connectivity index (χ2n) is 2.96. The Labute approximate surface area is 73.1 Å². The number of hydrogen-bond acceptors (Lipinski definition) is 2. The molecule has 0 spiro atoms. The van der Waals surface area contributed by atoms with Crippen LogP contribution in [0.25, 0.3) is 6.08 Å². The van der Waals surface area contributed by atoms with Gasteiger partial charge in [-0.15, -0.1) is 0 Å². The van der Waals surface area contributed by atoms with E-state index in [-0.39, 0.29) is 6.04 Å². The van der Waals surface area contributed by atoms with Crippen molar-refractivity contribution in [2.24, 2.45) is 5.73 Å². The fourth-order valence-electron chi connectivity index (χ4n) is 1.07. The third-order valence-electron chi connectivity index (χ3n) is 1.86. The first kappa shape index (κ1) is 8.94. The van der Waals surface area contributed by atoms with Crippen LogP contribution in [0.3, 0.4) is 0 Å². The molecule has 0 saturated heterocycles. The Balaban J connectivity index is 3.10. The number of nitrogens with two attached hydrogens (primary N) is 1. The average molecular weight is 162 g/mol. The van der Waals surface area contributed by atoms with Gasteiger partial charge in [0, 0.05) is 12.2 Å². The first-order valence-electron chi connectivity index (χ1n) is 3.99. The molecule has 1 aromatic rings. The topological polar surface area (TPSA) is 38.9 Å². The predicted octanol–water partition coefficient (Wildman–Crippen LogP) is 2.05. The molecule has 0 aliphatic heterocycles. The van der Waals surface area contributed by atoms with Gasteiger partial charge in [-0.1, -0.05) is 12.6 Å². The number of nitrogens with zero attached hydrogens (tertiary/aromatic N) is 1. The Kier molecular flexibility index (Phi) is 2.61. The smallest absolute Gasteiger partial charge is 0.0653 e. The fourth-order valence-corrected chi connectivity index (χ4v) is 1.07. The lowest BCUT2D eigenvalue weighted by Crippen LogP contribution is -2.06. The van der Waals surface area contributed by atoms with Crippen molar-refractivity contribution in [2.45, 2.75) is 19.9 Å². The van der Waals surface area contributed by atoms with Gasteiger partial charge in [0.2, 0.25) is 0 Å². The Morgan fingerprint density at radius 2 is 2.33 bits per heavy atom. The summed E-state index contributed by atoms with van der Waals surface area (Å²) >= 11 is 0. The van der Waals surface area contributed by atoms with Crippen LogP contribution in [0.4, 0.5) is 0 Å². The molecule has 1 aromatic heterocycles. The van der Waals surface area contributed by atoms with E-state index in [9.17, 15) is 0 Å². The SMILES string of the molecule is C=Cc1ncc([C@H](C)N)cc1C. The largest absolute Gasteiger partial charge is 0.324 e. The van der Waals surface area contributed by atoms with Gasteiger partial charge in [0.25, 0.3) is 0 Å². The first-order chi connectivity index (χ1) is 5.65. The molecule has 64 valence electrons. The quantitative estimate of drug-likeness (QED) is 0.722. The highest BCUT2D eigenvalue weighted by Gasteiger charge is 2.01. The van der Waals surface area contributed by atoms with E-state index in [0.717, 1.165) is 16.8 Å². The minimum atomic E-state index is 0.0510. The standard InChI is InChI=1S/C10H14N2/c1-4-10-7(2)5-9(6-12-10)8(3)11/h4-6,8H,1,11H2,2-3H3/t8-/m0/s1. The van der Waals surface area contributed by atoms with Crippen LogP contribution in [0.5, 0.6) is 0 Å². The first-order valence-corrected chi connectivity index (χ1v) is 3.99. The molecular weight excluding hydrogens is 148 g/mol. The summed E-state index contributed by atoms with van der Waals surface area (Å²) in [5, 5.41) is 0. The molecule has 0 aromatic carbocycles. The van der Waals surface area contributed by atoms with Crippen LogP contribution < -0.4 is 5.73 Å². The van der Waals surface area contributed by atoms with Crippen molar-refractivity contribution in [3.63, 3.8) is 0 Å². The molecule has 0 radical (unpaired) electrons. The number of aryl methyl sites for hydroxylation is 1. The maximum Gasteiger partial charge on any atom is 0.0653 e. The van der Waals surface area contributed by atoms with Gasteiger partial charge in [0.05, 0.1) is 5.69 Å². The molecule has 0 saturated carbocycles. The maximum atomic E-state index is 5.71. The molecule has 0 amide bonds. The minimum absolute atomic E-state index is 0.0510. The van der Waals surface area contributed by atoms with Crippen molar-refractivity contribution in [2.75, 3.05) is 0 Å². The lowest BCUT2D eigenvalue weighted by Gasteiger charge is -2.07. The predicted molar refractivity (Wildman–Crippen MR) is 51.7 cm³/mol. The minimum Gasteiger partial charge on any atom is -0.324 e. The van der Waals surface area contributed by atoms with Crippen LogP contribution in [0.1, 0.15) is 29.8 Å². The van der Waals surface area contributed by atoms with Gasteiger partial charge in [0.15, 0.2) is 0 Å². The third kappa shape index (κ3) is 1.71. The summed E-state index contributed by atoms with van der Waals surface area (Å²) in [7, 11) is 0. The fraction of sp³-hybridized carbons (Fsp3) is 0.300. The summed E-state index contributed by atoms with van der Waals surface area (Å²) < 4.78 is 0. The van der Waals surface area contributed by atoms with E-state index >= 15 is 0 Å². The van der Waals surface area contributed by atoms with E-state index in [1.807, 2.05) is 13.8 Å². The molecular formula is C10H14N2. The van der Waals surface area contributed by atoms with E-state index in [4.69, 9.17) is 5.73 Å². The summed E-state index contributed by atoms with van der Waals surface area (Å²) in [5.74, 6) is 0. The molecule has 0 aliphatic rings. The van der Waals surface area contributed by atoms with Gasteiger partial charge < -0.3 is 5.73 Å². The van der Waals surface area contributed by atoms with Crippen molar-refractivity contribution >= 4 is 6.08 Å². The summed E-state index contributed by atoms with van der Waals surface area (Å²) in [5.41, 5.74) is 8.83. The van der Waals surface area contributed by atoms with E-state index in [1.54, 1.807) is 12.3 Å². The van der Waals surface area contributed by atoms with Gasteiger partial charge in [0.1, 0.15) is 0 Å². The van der Waals surface area contributed by atoms with Crippen LogP contribution >= 0.6 is 0 Å². The molecule has 2 N–H and O–H groups in total. The molecule has 2 nitrogen and oxygen atoms in total. The molecule has 0 fully saturated rings. The van der Waals surface area contributed by atoms with Crippen LogP contribution in [0.15, 0.2) is 18.8 Å². The lowest BCUT2D eigenvalue weighted by molar-refractivity contribution is 0.809. The van der Waals surface area contributed by atoms with Gasteiger partial charge in [-0.25, -0.2) is 0 Å². The molecule has 2 heteroatoms. The van der Waals surface area contributed by atoms with Crippen LogP contribution in [-0.4, -0.2) is 4.98 Å². The molecule has 0 aliphatic carbocycles. The van der Waals surface area contributed by atoms with Gasteiger partial charge >= 0.3 is 0 Å². The summed E-state index contributed by atoms with van der Waals surface area (Å²) in [6.07, 6.45) is 3.55. The monoisotopic (exact) mass is 162 g/mol. The Hall–Kier alpha value is -1.15. The molecule has 0 unspecified atom stereocenters. The van der Waals surface area contributed by atoms with Gasteiger partial charge in [-0.3, -0.25) is 4.98 Å². The van der Waals surface area contributed by atoms with E-state index < -0.39 is 0 Å². The highest BCUT2D eigenvalue weighted by atomic mass is 14.7. The van der Waals surface area contributed by atoms with Gasteiger partial charge in [-0.2, -0.15) is 0 Å². The summed E-state index contributed by atoms with van der Waals surface area (Å²) in [6.45, 7) is 7.63. The average Bonchev–Trinajstić information content (AvgIpc) is 2.04. The number of hydrogen-bond donors (Lipinski definition) is 1. The Morgan fingerprint density at radius 3 is 2.75 bits per heavy atom. The van der Waals surface area contributed by atoms with Crippen LogP contribution in [0, 0.1) is 6.92 Å². The maximum absolute atomic E-state index is 5.71. The molecule has 1 rings (SSSR count). The van der Waals surface area contributed by atoms with Crippen LogP contribution in [-0.2, 0) is 0 Å². The van der Waals surface area contributed by atoms with E-state index in [0.29, 0.717) is 0 Å².